The number of carbonyl (C=O) groups is 2. The smallest absolute Gasteiger partial charge is 0.324 e. The van der Waals surface area contributed by atoms with E-state index in [9.17, 15) is 9.59 Å². The number of esters is 2. The Morgan fingerprint density at radius 3 is 1.96 bits per heavy atom. The fourth-order valence-corrected chi connectivity index (χ4v) is 5.43. The number of hydrogen-bond acceptors (Lipinski definition) is 4. The van der Waals surface area contributed by atoms with Gasteiger partial charge in [-0.05, 0) is 38.7 Å². The van der Waals surface area contributed by atoms with Crippen molar-refractivity contribution in [2.45, 2.75) is 59.3 Å². The highest BCUT2D eigenvalue weighted by Crippen LogP contribution is 2.53. The number of ether oxygens (including phenoxy) is 2. The minimum Gasteiger partial charge on any atom is -0.465 e. The lowest BCUT2D eigenvalue weighted by Gasteiger charge is -2.36. The molecule has 0 saturated heterocycles. The summed E-state index contributed by atoms with van der Waals surface area (Å²) in [6.45, 7) is 17.1. The Kier molecular flexibility index (Phi) is 6.63. The van der Waals surface area contributed by atoms with Crippen LogP contribution in [-0.2, 0) is 19.1 Å². The zero-order valence-electron chi connectivity index (χ0n) is 15.5. The molecular formula is C18H32O4Si. The van der Waals surface area contributed by atoms with E-state index in [0.29, 0.717) is 0 Å². The molecule has 23 heavy (non-hydrogen) atoms. The minimum atomic E-state index is -1.38. The SMILES string of the molecule is C=C(C[Si](C)(C)C)[C@H]1CC[C@H](C)C1(C(=O)OCC)C(=O)OCC. The molecule has 0 unspecified atom stereocenters. The molecular weight excluding hydrogens is 308 g/mol. The predicted octanol–water partition coefficient (Wildman–Crippen LogP) is 4.04. The van der Waals surface area contributed by atoms with Crippen molar-refractivity contribution in [1.82, 2.24) is 0 Å². The lowest BCUT2D eigenvalue weighted by Crippen LogP contribution is -2.49. The lowest BCUT2D eigenvalue weighted by atomic mass is 9.70. The van der Waals surface area contributed by atoms with Crippen molar-refractivity contribution in [2.24, 2.45) is 17.3 Å². The fourth-order valence-electron chi connectivity index (χ4n) is 3.82. The van der Waals surface area contributed by atoms with Gasteiger partial charge in [-0.3, -0.25) is 9.59 Å². The minimum absolute atomic E-state index is 0.0935. The molecule has 0 amide bonds. The molecule has 0 radical (unpaired) electrons. The zero-order valence-corrected chi connectivity index (χ0v) is 16.5. The van der Waals surface area contributed by atoms with Gasteiger partial charge in [-0.15, -0.1) is 0 Å². The first-order valence-electron chi connectivity index (χ1n) is 8.63. The highest BCUT2D eigenvalue weighted by molar-refractivity contribution is 6.76. The maximum absolute atomic E-state index is 12.8. The maximum Gasteiger partial charge on any atom is 0.324 e. The first-order chi connectivity index (χ1) is 10.6. The second kappa shape index (κ2) is 7.64. The van der Waals surface area contributed by atoms with Gasteiger partial charge in [0, 0.05) is 14.0 Å². The summed E-state index contributed by atoms with van der Waals surface area (Å²) in [6.07, 6.45) is 1.61. The third-order valence-corrected chi connectivity index (χ3v) is 6.21. The van der Waals surface area contributed by atoms with E-state index >= 15 is 0 Å². The molecule has 2 atom stereocenters. The van der Waals surface area contributed by atoms with Gasteiger partial charge in [-0.2, -0.15) is 0 Å². The highest BCUT2D eigenvalue weighted by Gasteiger charge is 2.62. The first-order valence-corrected chi connectivity index (χ1v) is 12.3. The molecule has 1 saturated carbocycles. The average molecular weight is 341 g/mol. The Labute approximate surface area is 141 Å². The summed E-state index contributed by atoms with van der Waals surface area (Å²) < 4.78 is 10.6. The van der Waals surface area contributed by atoms with Gasteiger partial charge in [0.25, 0.3) is 0 Å². The highest BCUT2D eigenvalue weighted by atomic mass is 28.3. The molecule has 1 aliphatic carbocycles. The van der Waals surface area contributed by atoms with Gasteiger partial charge in [-0.1, -0.05) is 38.7 Å². The van der Waals surface area contributed by atoms with E-state index in [1.54, 1.807) is 13.8 Å². The van der Waals surface area contributed by atoms with Crippen LogP contribution in [0.4, 0.5) is 0 Å². The van der Waals surface area contributed by atoms with Crippen LogP contribution in [-0.4, -0.2) is 33.2 Å². The van der Waals surface area contributed by atoms with Crippen LogP contribution in [0.1, 0.15) is 33.6 Å². The Morgan fingerprint density at radius 1 is 1.09 bits per heavy atom. The van der Waals surface area contributed by atoms with E-state index in [-0.39, 0.29) is 25.0 Å². The van der Waals surface area contributed by atoms with Gasteiger partial charge in [0.1, 0.15) is 0 Å². The third-order valence-electron chi connectivity index (χ3n) is 4.69. The largest absolute Gasteiger partial charge is 0.465 e. The van der Waals surface area contributed by atoms with Crippen LogP contribution < -0.4 is 0 Å². The van der Waals surface area contributed by atoms with Crippen LogP contribution in [0.25, 0.3) is 0 Å². The molecule has 132 valence electrons. The molecule has 1 fully saturated rings. The van der Waals surface area contributed by atoms with Crippen molar-refractivity contribution in [2.75, 3.05) is 13.2 Å². The lowest BCUT2D eigenvalue weighted by molar-refractivity contribution is -0.177. The van der Waals surface area contributed by atoms with E-state index in [0.717, 1.165) is 24.5 Å². The van der Waals surface area contributed by atoms with E-state index < -0.39 is 25.4 Å². The van der Waals surface area contributed by atoms with E-state index in [1.165, 1.54) is 0 Å². The summed E-state index contributed by atoms with van der Waals surface area (Å²) in [5, 5.41) is 0. The van der Waals surface area contributed by atoms with Crippen LogP contribution >= 0.6 is 0 Å². The van der Waals surface area contributed by atoms with E-state index in [2.05, 4.69) is 26.2 Å². The Hall–Kier alpha value is -1.10. The standard InChI is InChI=1S/C18H32O4Si/c1-8-21-16(19)18(17(20)22-9-2)14(4)10-11-15(18)13(3)12-23(5,6)7/h14-15H,3,8-12H2,1-2,4-7H3/t14-,15+/m0/s1. The molecule has 0 N–H and O–H groups in total. The molecule has 4 nitrogen and oxygen atoms in total. The molecule has 1 aliphatic rings. The quantitative estimate of drug-likeness (QED) is 0.304. The molecule has 0 aliphatic heterocycles. The second-order valence-electron chi connectivity index (χ2n) is 7.74. The van der Waals surface area contributed by atoms with Crippen LogP contribution in [0.15, 0.2) is 12.2 Å². The van der Waals surface area contributed by atoms with Gasteiger partial charge in [0.2, 0.25) is 0 Å². The summed E-state index contributed by atoms with van der Waals surface area (Å²) in [5.41, 5.74) is -0.211. The second-order valence-corrected chi connectivity index (χ2v) is 13.2. The van der Waals surface area contributed by atoms with Crippen molar-refractivity contribution in [3.63, 3.8) is 0 Å². The Morgan fingerprint density at radius 2 is 1.57 bits per heavy atom. The van der Waals surface area contributed by atoms with Gasteiger partial charge < -0.3 is 9.47 Å². The summed E-state index contributed by atoms with van der Waals surface area (Å²) in [4.78, 5) is 25.6. The number of rotatable bonds is 7. The number of allylic oxidation sites excluding steroid dienone is 1. The van der Waals surface area contributed by atoms with Crippen molar-refractivity contribution in [3.05, 3.63) is 12.2 Å². The van der Waals surface area contributed by atoms with Crippen LogP contribution in [0.3, 0.4) is 0 Å². The number of carbonyl (C=O) groups excluding carboxylic acids is 2. The van der Waals surface area contributed by atoms with Crippen LogP contribution in [0.5, 0.6) is 0 Å². The Balaban J connectivity index is 3.28. The maximum atomic E-state index is 12.8. The predicted molar refractivity (Wildman–Crippen MR) is 94.9 cm³/mol. The van der Waals surface area contributed by atoms with Crippen molar-refractivity contribution in [1.29, 1.82) is 0 Å². The molecule has 5 heteroatoms. The summed E-state index contributed by atoms with van der Waals surface area (Å²) in [5.74, 6) is -1.15. The van der Waals surface area contributed by atoms with Gasteiger partial charge in [0.15, 0.2) is 5.41 Å². The molecule has 1 rings (SSSR count). The van der Waals surface area contributed by atoms with Gasteiger partial charge >= 0.3 is 11.9 Å². The molecule has 0 aromatic rings. The molecule has 0 aromatic carbocycles. The average Bonchev–Trinajstić information content (AvgIpc) is 2.76. The molecule has 0 aromatic heterocycles. The summed E-state index contributed by atoms with van der Waals surface area (Å²) >= 11 is 0. The van der Waals surface area contributed by atoms with Gasteiger partial charge in [-0.25, -0.2) is 0 Å². The Bertz CT molecular complexity index is 446. The van der Waals surface area contributed by atoms with E-state index in [4.69, 9.17) is 9.47 Å². The normalized spacial score (nSPS) is 23.4. The van der Waals surface area contributed by atoms with Crippen LogP contribution in [0.2, 0.25) is 25.7 Å². The van der Waals surface area contributed by atoms with Crippen molar-refractivity contribution < 1.29 is 19.1 Å². The third kappa shape index (κ3) is 4.06. The molecule has 0 spiro atoms. The fraction of sp³-hybridized carbons (Fsp3) is 0.778. The van der Waals surface area contributed by atoms with Gasteiger partial charge in [0.05, 0.1) is 13.2 Å². The zero-order chi connectivity index (χ0) is 17.8. The summed E-state index contributed by atoms with van der Waals surface area (Å²) in [6, 6.07) is 0.908. The monoisotopic (exact) mass is 340 g/mol. The molecule has 0 bridgehead atoms. The van der Waals surface area contributed by atoms with Crippen molar-refractivity contribution in [3.8, 4) is 0 Å². The first kappa shape index (κ1) is 19.9. The van der Waals surface area contributed by atoms with E-state index in [1.807, 2.05) is 6.92 Å². The summed E-state index contributed by atoms with van der Waals surface area (Å²) in [7, 11) is -1.38. The topological polar surface area (TPSA) is 52.6 Å². The number of hydrogen-bond donors (Lipinski definition) is 0. The van der Waals surface area contributed by atoms with Crippen molar-refractivity contribution >= 4 is 20.0 Å². The molecule has 0 heterocycles. The van der Waals surface area contributed by atoms with Crippen LogP contribution in [0, 0.1) is 17.3 Å².